The van der Waals surface area contributed by atoms with Crippen molar-refractivity contribution in [1.82, 2.24) is 30.5 Å². The molecule has 4 N–H and O–H groups in total. The van der Waals surface area contributed by atoms with Gasteiger partial charge in [-0.2, -0.15) is 5.21 Å². The number of tetrazole rings is 1. The van der Waals surface area contributed by atoms with Crippen molar-refractivity contribution in [3.05, 3.63) is 65.0 Å². The number of nitrogen functional groups attached to an aromatic ring is 1. The van der Waals surface area contributed by atoms with Crippen molar-refractivity contribution in [2.75, 3.05) is 12.3 Å². The number of unbranched alkanes of at least 4 members (excludes halogenated alkanes) is 1. The lowest BCUT2D eigenvalue weighted by Crippen LogP contribution is -2.29. The number of aromatic nitrogens is 5. The molecule has 3 heterocycles. The van der Waals surface area contributed by atoms with Gasteiger partial charge in [-0.15, -0.1) is 10.2 Å². The fourth-order valence-corrected chi connectivity index (χ4v) is 5.17. The summed E-state index contributed by atoms with van der Waals surface area (Å²) < 4.78 is 0.590. The van der Waals surface area contributed by atoms with E-state index in [-0.39, 0.29) is 5.91 Å². The zero-order chi connectivity index (χ0) is 22.8. The third kappa shape index (κ3) is 4.53. The number of amides is 1. The molecule has 1 saturated heterocycles. The van der Waals surface area contributed by atoms with Crippen LogP contribution in [0.5, 0.6) is 0 Å². The molecule has 2 aromatic heterocycles. The molecule has 0 radical (unpaired) electrons. The molecule has 10 heteroatoms. The maximum absolute atomic E-state index is 12.9. The molecule has 33 heavy (non-hydrogen) atoms. The molecule has 8 nitrogen and oxygen atoms in total. The van der Waals surface area contributed by atoms with E-state index in [2.05, 4.69) is 37.7 Å². The Labute approximate surface area is 199 Å². The smallest absolute Gasteiger partial charge is 0.266 e. The highest BCUT2D eigenvalue weighted by Gasteiger charge is 2.31. The molecule has 0 spiro atoms. The second-order valence-electron chi connectivity index (χ2n) is 7.75. The largest absolute Gasteiger partial charge is 0.397 e. The van der Waals surface area contributed by atoms with Crippen LogP contribution in [0, 0.1) is 0 Å². The van der Waals surface area contributed by atoms with Gasteiger partial charge in [-0.25, -0.2) is 0 Å². The van der Waals surface area contributed by atoms with Crippen molar-refractivity contribution in [3.63, 3.8) is 0 Å². The van der Waals surface area contributed by atoms with E-state index in [1.54, 1.807) is 4.90 Å². The van der Waals surface area contributed by atoms with Gasteiger partial charge >= 0.3 is 0 Å². The molecule has 0 unspecified atom stereocenters. The van der Waals surface area contributed by atoms with Crippen LogP contribution in [0.25, 0.3) is 28.1 Å². The van der Waals surface area contributed by atoms with Crippen molar-refractivity contribution >= 4 is 56.9 Å². The number of nitrogens with zero attached hydrogens (tertiary/aromatic N) is 4. The van der Waals surface area contributed by atoms with Crippen LogP contribution in [0.1, 0.15) is 24.2 Å². The molecular formula is C23H21N7OS2. The van der Waals surface area contributed by atoms with Crippen molar-refractivity contribution in [2.45, 2.75) is 19.3 Å². The Balaban J connectivity index is 1.29. The number of carbonyl (C=O) groups is 1. The Morgan fingerprint density at radius 2 is 2.06 bits per heavy atom. The number of rotatable bonds is 7. The van der Waals surface area contributed by atoms with Gasteiger partial charge in [0.05, 0.1) is 16.1 Å². The number of nitrogens with two attached hydrogens (primary N) is 1. The highest BCUT2D eigenvalue weighted by molar-refractivity contribution is 8.26. The minimum Gasteiger partial charge on any atom is -0.397 e. The van der Waals surface area contributed by atoms with E-state index in [1.165, 1.54) is 11.8 Å². The molecule has 1 fully saturated rings. The summed E-state index contributed by atoms with van der Waals surface area (Å²) in [5, 5.41) is 15.0. The maximum Gasteiger partial charge on any atom is 0.266 e. The Morgan fingerprint density at radius 1 is 1.15 bits per heavy atom. The molecule has 4 aromatic rings. The van der Waals surface area contributed by atoms with Gasteiger partial charge in [-0.05, 0) is 59.9 Å². The molecule has 1 aliphatic heterocycles. The molecule has 0 bridgehead atoms. The predicted molar refractivity (Wildman–Crippen MR) is 135 cm³/mol. The maximum atomic E-state index is 12.9. The fraction of sp³-hybridized carbons (Fsp3) is 0.174. The van der Waals surface area contributed by atoms with Crippen LogP contribution >= 0.6 is 24.0 Å². The predicted octanol–water partition coefficient (Wildman–Crippen LogP) is 4.15. The van der Waals surface area contributed by atoms with E-state index in [4.69, 9.17) is 18.0 Å². The third-order valence-electron chi connectivity index (χ3n) is 5.50. The van der Waals surface area contributed by atoms with Gasteiger partial charge in [-0.3, -0.25) is 9.69 Å². The Hall–Kier alpha value is -3.50. The molecule has 0 saturated carbocycles. The van der Waals surface area contributed by atoms with Gasteiger partial charge < -0.3 is 10.7 Å². The molecule has 1 amide bonds. The summed E-state index contributed by atoms with van der Waals surface area (Å²) >= 11 is 6.81. The van der Waals surface area contributed by atoms with Gasteiger partial charge in [0.25, 0.3) is 5.91 Å². The molecule has 5 rings (SSSR count). The normalized spacial score (nSPS) is 15.3. The number of benzene rings is 2. The van der Waals surface area contributed by atoms with E-state index in [0.29, 0.717) is 33.7 Å². The number of thiocarbonyl (C=S) groups is 1. The second kappa shape index (κ2) is 9.16. The SMILES string of the molecule is Nc1cc(-c2cccc(C=C3SC(=S)N(CCCCc4nn[nH]n4)C3=O)c2)cc2cc[nH]c12. The fourth-order valence-electron chi connectivity index (χ4n) is 3.86. The van der Waals surface area contributed by atoms with Crippen LogP contribution in [0.3, 0.4) is 0 Å². The number of nitrogens with one attached hydrogen (secondary N) is 2. The summed E-state index contributed by atoms with van der Waals surface area (Å²) in [6.07, 6.45) is 6.17. The Morgan fingerprint density at radius 3 is 2.91 bits per heavy atom. The number of anilines is 1. The number of H-pyrrole nitrogens is 2. The number of thioether (sulfide) groups is 1. The molecular weight excluding hydrogens is 454 g/mol. The van der Waals surface area contributed by atoms with Gasteiger partial charge in [0, 0.05) is 24.5 Å². The highest BCUT2D eigenvalue weighted by atomic mass is 32.2. The molecule has 0 atom stereocenters. The minimum atomic E-state index is -0.0482. The summed E-state index contributed by atoms with van der Waals surface area (Å²) in [5.41, 5.74) is 10.9. The first kappa shape index (κ1) is 21.4. The number of hydrogen-bond acceptors (Lipinski definition) is 7. The van der Waals surface area contributed by atoms with Crippen LogP contribution in [-0.2, 0) is 11.2 Å². The summed E-state index contributed by atoms with van der Waals surface area (Å²) in [4.78, 5) is 18.4. The monoisotopic (exact) mass is 475 g/mol. The number of fused-ring (bicyclic) bond motifs is 1. The van der Waals surface area contributed by atoms with E-state index < -0.39 is 0 Å². The Bertz CT molecular complexity index is 1360. The number of hydrogen-bond donors (Lipinski definition) is 3. The molecule has 0 aliphatic carbocycles. The zero-order valence-electron chi connectivity index (χ0n) is 17.6. The molecule has 166 valence electrons. The Kier molecular flexibility index (Phi) is 5.93. The van der Waals surface area contributed by atoms with E-state index in [9.17, 15) is 4.79 Å². The van der Waals surface area contributed by atoms with Crippen LogP contribution in [0.4, 0.5) is 5.69 Å². The van der Waals surface area contributed by atoms with Crippen LogP contribution < -0.4 is 5.73 Å². The van der Waals surface area contributed by atoms with Crippen molar-refractivity contribution in [2.24, 2.45) is 0 Å². The number of carbonyl (C=O) groups excluding carboxylic acids is 1. The van der Waals surface area contributed by atoms with Crippen molar-refractivity contribution < 1.29 is 4.79 Å². The molecule has 2 aromatic carbocycles. The summed E-state index contributed by atoms with van der Waals surface area (Å²) in [6.45, 7) is 0.579. The van der Waals surface area contributed by atoms with Crippen molar-refractivity contribution in [3.8, 4) is 11.1 Å². The van der Waals surface area contributed by atoms with Gasteiger partial charge in [-0.1, -0.05) is 47.4 Å². The van der Waals surface area contributed by atoms with Gasteiger partial charge in [0.15, 0.2) is 5.82 Å². The summed E-state index contributed by atoms with van der Waals surface area (Å²) in [7, 11) is 0. The molecule has 1 aliphatic rings. The first-order valence-electron chi connectivity index (χ1n) is 10.5. The van der Waals surface area contributed by atoms with Crippen LogP contribution in [0.15, 0.2) is 53.6 Å². The van der Waals surface area contributed by atoms with Gasteiger partial charge in [0.2, 0.25) is 0 Å². The summed E-state index contributed by atoms with van der Waals surface area (Å²) in [6, 6.07) is 14.1. The highest BCUT2D eigenvalue weighted by Crippen LogP contribution is 2.34. The third-order valence-corrected chi connectivity index (χ3v) is 6.88. The van der Waals surface area contributed by atoms with E-state index in [1.807, 2.05) is 42.6 Å². The van der Waals surface area contributed by atoms with Gasteiger partial charge in [0.1, 0.15) is 4.32 Å². The van der Waals surface area contributed by atoms with Crippen molar-refractivity contribution in [1.29, 1.82) is 0 Å². The minimum absolute atomic E-state index is 0.0482. The lowest BCUT2D eigenvalue weighted by atomic mass is 10.0. The van der Waals surface area contributed by atoms with Crippen LogP contribution in [-0.4, -0.2) is 47.3 Å². The van der Waals surface area contributed by atoms with E-state index in [0.717, 1.165) is 40.4 Å². The topological polar surface area (TPSA) is 117 Å². The van der Waals surface area contributed by atoms with E-state index >= 15 is 0 Å². The first-order chi connectivity index (χ1) is 16.1. The lowest BCUT2D eigenvalue weighted by molar-refractivity contribution is -0.122. The lowest BCUT2D eigenvalue weighted by Gasteiger charge is -2.13. The first-order valence-corrected chi connectivity index (χ1v) is 11.8. The standard InChI is InChI=1S/C23H21N7OS2/c24-18-13-17(12-16-7-8-25-21(16)18)15-5-3-4-14(10-15)11-19-22(31)30(23(32)33-19)9-2-1-6-20-26-28-29-27-20/h3-5,7-8,10-13,25H,1-2,6,9,24H2,(H,26,27,28,29). The zero-order valence-corrected chi connectivity index (χ0v) is 19.2. The quantitative estimate of drug-likeness (QED) is 0.159. The van der Waals surface area contributed by atoms with Crippen LogP contribution in [0.2, 0.25) is 0 Å². The second-order valence-corrected chi connectivity index (χ2v) is 9.43. The number of aromatic amines is 2. The number of aryl methyl sites for hydroxylation is 1. The average molecular weight is 476 g/mol. The summed E-state index contributed by atoms with van der Waals surface area (Å²) in [5.74, 6) is 0.630. The average Bonchev–Trinajstić information content (AvgIpc) is 3.55.